The van der Waals surface area contributed by atoms with E-state index in [1.54, 1.807) is 6.07 Å². The molecule has 1 aliphatic rings. The third-order valence-corrected chi connectivity index (χ3v) is 3.92. The first kappa shape index (κ1) is 13.8. The van der Waals surface area contributed by atoms with Crippen LogP contribution in [-0.2, 0) is 0 Å². The molecule has 0 saturated carbocycles. The molecule has 5 nitrogen and oxygen atoms in total. The van der Waals surface area contributed by atoms with Gasteiger partial charge in [0.25, 0.3) is 5.69 Å². The SMILES string of the molecule is Cc1ccc(NC2CCN(C)C(C)C2)c([N+](=O)[O-])c1. The smallest absolute Gasteiger partial charge is 0.292 e. The molecule has 19 heavy (non-hydrogen) atoms. The Morgan fingerprint density at radius 1 is 1.47 bits per heavy atom. The van der Waals surface area contributed by atoms with E-state index in [0.717, 1.165) is 24.9 Å². The summed E-state index contributed by atoms with van der Waals surface area (Å²) in [6.45, 7) is 5.09. The van der Waals surface area contributed by atoms with Gasteiger partial charge in [-0.25, -0.2) is 0 Å². The van der Waals surface area contributed by atoms with Crippen LogP contribution in [0.5, 0.6) is 0 Å². The minimum atomic E-state index is -0.312. The van der Waals surface area contributed by atoms with Gasteiger partial charge >= 0.3 is 0 Å². The van der Waals surface area contributed by atoms with Crippen molar-refractivity contribution in [3.8, 4) is 0 Å². The van der Waals surface area contributed by atoms with E-state index < -0.39 is 0 Å². The summed E-state index contributed by atoms with van der Waals surface area (Å²) in [6.07, 6.45) is 2.04. The molecule has 0 radical (unpaired) electrons. The highest BCUT2D eigenvalue weighted by molar-refractivity contribution is 5.63. The zero-order valence-electron chi connectivity index (χ0n) is 11.7. The maximum atomic E-state index is 11.1. The molecule has 1 aromatic rings. The molecule has 1 saturated heterocycles. The van der Waals surface area contributed by atoms with Gasteiger partial charge in [-0.3, -0.25) is 10.1 Å². The summed E-state index contributed by atoms with van der Waals surface area (Å²) in [6, 6.07) is 6.17. The van der Waals surface area contributed by atoms with E-state index in [9.17, 15) is 10.1 Å². The minimum absolute atomic E-state index is 0.173. The lowest BCUT2D eigenvalue weighted by Crippen LogP contribution is -2.42. The van der Waals surface area contributed by atoms with E-state index in [-0.39, 0.29) is 10.6 Å². The predicted octanol–water partition coefficient (Wildman–Crippen LogP) is 2.80. The Bertz CT molecular complexity index is 476. The van der Waals surface area contributed by atoms with E-state index in [1.165, 1.54) is 0 Å². The molecule has 2 unspecified atom stereocenters. The van der Waals surface area contributed by atoms with Gasteiger partial charge in [-0.05, 0) is 45.4 Å². The van der Waals surface area contributed by atoms with Gasteiger partial charge in [-0.1, -0.05) is 6.07 Å². The van der Waals surface area contributed by atoms with Crippen molar-refractivity contribution < 1.29 is 4.92 Å². The summed E-state index contributed by atoms with van der Waals surface area (Å²) in [5, 5.41) is 14.4. The standard InChI is InChI=1S/C14H21N3O2/c1-10-4-5-13(14(8-10)17(18)19)15-12-6-7-16(3)11(2)9-12/h4-5,8,11-12,15H,6-7,9H2,1-3H3. The van der Waals surface area contributed by atoms with Gasteiger partial charge in [0.1, 0.15) is 5.69 Å². The number of nitrogens with one attached hydrogen (secondary N) is 1. The minimum Gasteiger partial charge on any atom is -0.377 e. The number of anilines is 1. The lowest BCUT2D eigenvalue weighted by Gasteiger charge is -2.35. The van der Waals surface area contributed by atoms with E-state index >= 15 is 0 Å². The summed E-state index contributed by atoms with van der Waals surface area (Å²) >= 11 is 0. The maximum Gasteiger partial charge on any atom is 0.292 e. The molecule has 5 heteroatoms. The lowest BCUT2D eigenvalue weighted by atomic mass is 9.98. The van der Waals surface area contributed by atoms with Crippen molar-refractivity contribution in [1.29, 1.82) is 0 Å². The number of likely N-dealkylation sites (tertiary alicyclic amines) is 1. The van der Waals surface area contributed by atoms with Gasteiger partial charge in [0.2, 0.25) is 0 Å². The first-order valence-corrected chi connectivity index (χ1v) is 6.69. The molecule has 104 valence electrons. The molecule has 0 spiro atoms. The number of nitrogens with zero attached hydrogens (tertiary/aromatic N) is 2. The van der Waals surface area contributed by atoms with E-state index in [4.69, 9.17) is 0 Å². The number of nitro benzene ring substituents is 1. The van der Waals surface area contributed by atoms with Crippen molar-refractivity contribution in [2.24, 2.45) is 0 Å². The average Bonchev–Trinajstić information content (AvgIpc) is 2.36. The zero-order valence-corrected chi connectivity index (χ0v) is 11.7. The molecule has 0 amide bonds. The van der Waals surface area contributed by atoms with Crippen molar-refractivity contribution >= 4 is 11.4 Å². The maximum absolute atomic E-state index is 11.1. The van der Waals surface area contributed by atoms with Crippen molar-refractivity contribution in [2.75, 3.05) is 18.9 Å². The fourth-order valence-electron chi connectivity index (χ4n) is 2.56. The summed E-state index contributed by atoms with van der Waals surface area (Å²) in [4.78, 5) is 13.1. The number of aryl methyl sites for hydroxylation is 1. The number of nitro groups is 1. The fraction of sp³-hybridized carbons (Fsp3) is 0.571. The molecule has 2 atom stereocenters. The number of rotatable bonds is 3. The molecule has 1 fully saturated rings. The third kappa shape index (κ3) is 3.23. The molecular formula is C14H21N3O2. The second-order valence-electron chi connectivity index (χ2n) is 5.47. The Morgan fingerprint density at radius 2 is 2.21 bits per heavy atom. The van der Waals surface area contributed by atoms with E-state index in [2.05, 4.69) is 24.2 Å². The van der Waals surface area contributed by atoms with E-state index in [0.29, 0.717) is 17.8 Å². The largest absolute Gasteiger partial charge is 0.377 e. The van der Waals surface area contributed by atoms with Gasteiger partial charge in [0, 0.05) is 24.7 Å². The molecule has 1 aliphatic heterocycles. The van der Waals surface area contributed by atoms with Gasteiger partial charge in [-0.15, -0.1) is 0 Å². The van der Waals surface area contributed by atoms with Crippen LogP contribution < -0.4 is 5.32 Å². The zero-order chi connectivity index (χ0) is 14.0. The Kier molecular flexibility index (Phi) is 4.04. The monoisotopic (exact) mass is 263 g/mol. The first-order chi connectivity index (χ1) is 8.97. The fourth-order valence-corrected chi connectivity index (χ4v) is 2.56. The molecule has 0 aliphatic carbocycles. The van der Waals surface area contributed by atoms with Crippen molar-refractivity contribution in [3.63, 3.8) is 0 Å². The highest BCUT2D eigenvalue weighted by Crippen LogP contribution is 2.28. The normalized spacial score (nSPS) is 24.2. The number of hydrogen-bond donors (Lipinski definition) is 1. The summed E-state index contributed by atoms with van der Waals surface area (Å²) in [5.41, 5.74) is 1.72. The molecule has 1 aromatic carbocycles. The topological polar surface area (TPSA) is 58.4 Å². The molecule has 2 rings (SSSR count). The number of piperidine rings is 1. The third-order valence-electron chi connectivity index (χ3n) is 3.92. The van der Waals surface area contributed by atoms with Crippen molar-refractivity contribution in [1.82, 2.24) is 4.90 Å². The van der Waals surface area contributed by atoms with Crippen LogP contribution in [0.2, 0.25) is 0 Å². The first-order valence-electron chi connectivity index (χ1n) is 6.69. The highest BCUT2D eigenvalue weighted by atomic mass is 16.6. The van der Waals surface area contributed by atoms with Crippen molar-refractivity contribution in [2.45, 2.75) is 38.8 Å². The van der Waals surface area contributed by atoms with Crippen LogP contribution in [0.1, 0.15) is 25.3 Å². The summed E-state index contributed by atoms with van der Waals surface area (Å²) in [5.74, 6) is 0. The summed E-state index contributed by atoms with van der Waals surface area (Å²) in [7, 11) is 2.12. The van der Waals surface area contributed by atoms with Gasteiger partial charge in [-0.2, -0.15) is 0 Å². The Labute approximate surface area is 113 Å². The quantitative estimate of drug-likeness (QED) is 0.673. The van der Waals surface area contributed by atoms with Crippen LogP contribution in [0.3, 0.4) is 0 Å². The molecule has 0 bridgehead atoms. The molecule has 1 N–H and O–H groups in total. The van der Waals surface area contributed by atoms with E-state index in [1.807, 2.05) is 19.1 Å². The van der Waals surface area contributed by atoms with Crippen LogP contribution in [0.15, 0.2) is 18.2 Å². The van der Waals surface area contributed by atoms with Crippen molar-refractivity contribution in [3.05, 3.63) is 33.9 Å². The Hall–Kier alpha value is -1.62. The van der Waals surface area contributed by atoms with Crippen LogP contribution in [0, 0.1) is 17.0 Å². The highest BCUT2D eigenvalue weighted by Gasteiger charge is 2.24. The number of hydrogen-bond acceptors (Lipinski definition) is 4. The second kappa shape index (κ2) is 5.57. The van der Waals surface area contributed by atoms with Crippen LogP contribution in [0.25, 0.3) is 0 Å². The van der Waals surface area contributed by atoms with Crippen LogP contribution in [0.4, 0.5) is 11.4 Å². The van der Waals surface area contributed by atoms with Crippen LogP contribution in [-0.4, -0.2) is 35.5 Å². The lowest BCUT2D eigenvalue weighted by molar-refractivity contribution is -0.384. The Balaban J connectivity index is 2.13. The molecular weight excluding hydrogens is 242 g/mol. The van der Waals surface area contributed by atoms with Crippen LogP contribution >= 0.6 is 0 Å². The number of benzene rings is 1. The molecule has 0 aromatic heterocycles. The summed E-state index contributed by atoms with van der Waals surface area (Å²) < 4.78 is 0. The van der Waals surface area contributed by atoms with Gasteiger partial charge < -0.3 is 10.2 Å². The van der Waals surface area contributed by atoms with Gasteiger partial charge in [0.15, 0.2) is 0 Å². The second-order valence-corrected chi connectivity index (χ2v) is 5.47. The Morgan fingerprint density at radius 3 is 2.84 bits per heavy atom. The van der Waals surface area contributed by atoms with Gasteiger partial charge in [0.05, 0.1) is 4.92 Å². The predicted molar refractivity (Wildman–Crippen MR) is 76.6 cm³/mol. The molecule has 1 heterocycles. The average molecular weight is 263 g/mol.